The second-order valence-corrected chi connectivity index (χ2v) is 12.2. The summed E-state index contributed by atoms with van der Waals surface area (Å²) in [6.45, 7) is 4.80. The van der Waals surface area contributed by atoms with Gasteiger partial charge in [0.05, 0.1) is 29.8 Å². The van der Waals surface area contributed by atoms with Gasteiger partial charge in [-0.1, -0.05) is 6.92 Å². The van der Waals surface area contributed by atoms with Crippen LogP contribution in [0, 0.1) is 0 Å². The Balaban J connectivity index is 1.25. The number of hydrogen-bond acceptors (Lipinski definition) is 7. The number of carbonyl (C=O) groups is 1. The molecule has 0 saturated heterocycles. The summed E-state index contributed by atoms with van der Waals surface area (Å²) in [4.78, 5) is 27.4. The summed E-state index contributed by atoms with van der Waals surface area (Å²) < 4.78 is 47.6. The quantitative estimate of drug-likeness (QED) is 0.242. The first-order valence-electron chi connectivity index (χ1n) is 15.8. The molecule has 6 heterocycles. The summed E-state index contributed by atoms with van der Waals surface area (Å²) in [6, 6.07) is 9.63. The third-order valence-corrected chi connectivity index (χ3v) is 9.22. The molecule has 2 aliphatic rings. The van der Waals surface area contributed by atoms with Crippen molar-refractivity contribution in [3.8, 4) is 11.1 Å². The van der Waals surface area contributed by atoms with E-state index in [-0.39, 0.29) is 11.5 Å². The molecule has 2 aliphatic heterocycles. The van der Waals surface area contributed by atoms with E-state index in [2.05, 4.69) is 44.2 Å². The number of hydrogen-bond donors (Lipinski definition) is 0. The molecule has 48 heavy (non-hydrogen) atoms. The molecule has 2 aromatic carbocycles. The summed E-state index contributed by atoms with van der Waals surface area (Å²) >= 11 is 0. The van der Waals surface area contributed by atoms with E-state index >= 15 is 0 Å². The van der Waals surface area contributed by atoms with Gasteiger partial charge in [0, 0.05) is 74.5 Å². The molecule has 0 bridgehead atoms. The zero-order chi connectivity index (χ0) is 33.2. The molecule has 0 atom stereocenters. The number of alkyl halides is 3. The number of fused-ring (bicyclic) bond motifs is 3. The molecule has 14 heteroatoms. The standard InChI is InChI=1S/C34H31F3N10O/c1-3-21-12-26-28(4-6-39-31(26)29(15-21)45-10-11-46-20-40-41-30(46)18-45)47-8-5-23-24(27-17-43(2)42-32(27)34(35,36)37)13-22(14-25(23)33(47)48)16-44-9-7-38-19-44/h4,6-7,9,12-15,17,19-20H,3,5,8,10-11,16,18H2,1-2H3. The normalized spacial score (nSPS) is 14.9. The van der Waals surface area contributed by atoms with Crippen LogP contribution in [0.4, 0.5) is 24.5 Å². The molecule has 0 saturated carbocycles. The summed E-state index contributed by atoms with van der Waals surface area (Å²) in [5, 5.41) is 13.0. The average Bonchev–Trinajstić information content (AvgIpc) is 3.85. The van der Waals surface area contributed by atoms with Gasteiger partial charge in [-0.05, 0) is 65.4 Å². The van der Waals surface area contributed by atoms with Crippen molar-refractivity contribution < 1.29 is 18.0 Å². The number of imidazole rings is 1. The van der Waals surface area contributed by atoms with E-state index in [0.29, 0.717) is 54.0 Å². The lowest BCUT2D eigenvalue weighted by Gasteiger charge is -2.33. The lowest BCUT2D eigenvalue weighted by atomic mass is 9.87. The predicted octanol–water partition coefficient (Wildman–Crippen LogP) is 5.28. The van der Waals surface area contributed by atoms with Crippen molar-refractivity contribution in [1.29, 1.82) is 0 Å². The zero-order valence-electron chi connectivity index (χ0n) is 26.3. The molecule has 0 aliphatic carbocycles. The highest BCUT2D eigenvalue weighted by Gasteiger charge is 2.39. The molecule has 0 N–H and O–H groups in total. The predicted molar refractivity (Wildman–Crippen MR) is 173 cm³/mol. The van der Waals surface area contributed by atoms with E-state index in [1.807, 2.05) is 15.2 Å². The van der Waals surface area contributed by atoms with Crippen molar-refractivity contribution in [1.82, 2.24) is 39.1 Å². The Morgan fingerprint density at radius 2 is 1.79 bits per heavy atom. The number of benzene rings is 2. The van der Waals surface area contributed by atoms with Crippen LogP contribution >= 0.6 is 0 Å². The minimum absolute atomic E-state index is 0.0427. The lowest BCUT2D eigenvalue weighted by Crippen LogP contribution is -2.38. The lowest BCUT2D eigenvalue weighted by molar-refractivity contribution is -0.140. The monoisotopic (exact) mass is 652 g/mol. The van der Waals surface area contributed by atoms with Crippen LogP contribution in [0.2, 0.25) is 0 Å². The van der Waals surface area contributed by atoms with Crippen LogP contribution in [-0.4, -0.2) is 58.1 Å². The highest BCUT2D eigenvalue weighted by molar-refractivity contribution is 6.14. The fourth-order valence-electron chi connectivity index (χ4n) is 6.94. The molecule has 0 radical (unpaired) electrons. The molecule has 0 unspecified atom stereocenters. The van der Waals surface area contributed by atoms with Crippen LogP contribution in [0.1, 0.15) is 45.5 Å². The van der Waals surface area contributed by atoms with Gasteiger partial charge in [-0.2, -0.15) is 18.3 Å². The molecule has 11 nitrogen and oxygen atoms in total. The third-order valence-electron chi connectivity index (χ3n) is 9.22. The molecule has 0 fully saturated rings. The Morgan fingerprint density at radius 3 is 2.58 bits per heavy atom. The maximum absolute atomic E-state index is 14.5. The second kappa shape index (κ2) is 11.3. The van der Waals surface area contributed by atoms with E-state index in [9.17, 15) is 18.0 Å². The van der Waals surface area contributed by atoms with Gasteiger partial charge in [0.25, 0.3) is 5.91 Å². The largest absolute Gasteiger partial charge is 0.435 e. The van der Waals surface area contributed by atoms with Gasteiger partial charge in [0.1, 0.15) is 6.33 Å². The van der Waals surface area contributed by atoms with Gasteiger partial charge < -0.3 is 18.9 Å². The third kappa shape index (κ3) is 5.07. The molecule has 1 amide bonds. The zero-order valence-corrected chi connectivity index (χ0v) is 26.3. The van der Waals surface area contributed by atoms with E-state index in [0.717, 1.165) is 47.5 Å². The van der Waals surface area contributed by atoms with Gasteiger partial charge >= 0.3 is 6.18 Å². The smallest absolute Gasteiger partial charge is 0.360 e. The summed E-state index contributed by atoms with van der Waals surface area (Å²) in [7, 11) is 1.47. The Hall–Kier alpha value is -5.53. The minimum atomic E-state index is -4.66. The Bertz CT molecular complexity index is 2180. The van der Waals surface area contributed by atoms with Crippen molar-refractivity contribution in [3.63, 3.8) is 0 Å². The number of carbonyl (C=O) groups excluding carboxylic acids is 1. The molecule has 4 aromatic heterocycles. The second-order valence-electron chi connectivity index (χ2n) is 12.2. The molecule has 8 rings (SSSR count). The first-order chi connectivity index (χ1) is 23.2. The molecular formula is C34H31F3N10O. The van der Waals surface area contributed by atoms with Crippen LogP contribution in [0.3, 0.4) is 0 Å². The van der Waals surface area contributed by atoms with Crippen molar-refractivity contribution in [2.75, 3.05) is 22.9 Å². The number of halogens is 3. The minimum Gasteiger partial charge on any atom is -0.360 e. The summed E-state index contributed by atoms with van der Waals surface area (Å²) in [5.41, 5.74) is 4.54. The number of anilines is 2. The number of amides is 1. The van der Waals surface area contributed by atoms with E-state index in [1.54, 1.807) is 48.3 Å². The fourth-order valence-corrected chi connectivity index (χ4v) is 6.94. The summed E-state index contributed by atoms with van der Waals surface area (Å²) in [6.07, 6.45) is 6.37. The van der Waals surface area contributed by atoms with E-state index < -0.39 is 11.9 Å². The van der Waals surface area contributed by atoms with Crippen molar-refractivity contribution in [2.45, 2.75) is 45.6 Å². The van der Waals surface area contributed by atoms with Crippen molar-refractivity contribution in [3.05, 3.63) is 102 Å². The number of aryl methyl sites for hydroxylation is 2. The van der Waals surface area contributed by atoms with Crippen LogP contribution in [0.25, 0.3) is 22.0 Å². The Kier molecular flexibility index (Phi) is 7.04. The van der Waals surface area contributed by atoms with Gasteiger partial charge in [-0.25, -0.2) is 4.98 Å². The van der Waals surface area contributed by atoms with Crippen molar-refractivity contribution in [2.24, 2.45) is 7.05 Å². The number of pyridine rings is 1. The van der Waals surface area contributed by atoms with Crippen molar-refractivity contribution >= 4 is 28.2 Å². The highest BCUT2D eigenvalue weighted by atomic mass is 19.4. The number of nitrogens with zero attached hydrogens (tertiary/aromatic N) is 10. The topological polar surface area (TPSA) is 103 Å². The first-order valence-corrected chi connectivity index (χ1v) is 15.8. The maximum Gasteiger partial charge on any atom is 0.435 e. The first kappa shape index (κ1) is 29.8. The van der Waals surface area contributed by atoms with E-state index in [1.165, 1.54) is 17.9 Å². The highest BCUT2D eigenvalue weighted by Crippen LogP contribution is 2.42. The SMILES string of the molecule is CCc1cc(N2CCn3cnnc3C2)c2nccc(N3CCc4c(cc(Cn5ccnc5)cc4-c4cn(C)nc4C(F)(F)F)C3=O)c2c1. The van der Waals surface area contributed by atoms with Crippen LogP contribution < -0.4 is 9.80 Å². The Morgan fingerprint density at radius 1 is 0.938 bits per heavy atom. The van der Waals surface area contributed by atoms with Gasteiger partial charge in [0.2, 0.25) is 0 Å². The van der Waals surface area contributed by atoms with Crippen LogP contribution in [0.5, 0.6) is 0 Å². The average molecular weight is 653 g/mol. The molecule has 6 aromatic rings. The summed E-state index contributed by atoms with van der Waals surface area (Å²) in [5.74, 6) is 0.601. The molecular weight excluding hydrogens is 621 g/mol. The molecule has 0 spiro atoms. The number of aromatic nitrogens is 8. The number of rotatable bonds is 6. The maximum atomic E-state index is 14.5. The molecule has 244 valence electrons. The van der Waals surface area contributed by atoms with Gasteiger partial charge in [-0.15, -0.1) is 10.2 Å². The Labute approximate surface area is 273 Å². The van der Waals surface area contributed by atoms with Crippen LogP contribution in [-0.2, 0) is 45.7 Å². The van der Waals surface area contributed by atoms with Gasteiger partial charge in [0.15, 0.2) is 11.5 Å². The van der Waals surface area contributed by atoms with E-state index in [4.69, 9.17) is 4.98 Å². The van der Waals surface area contributed by atoms with Gasteiger partial charge in [-0.3, -0.25) is 14.5 Å². The van der Waals surface area contributed by atoms with Crippen LogP contribution in [0.15, 0.2) is 67.8 Å². The fraction of sp³-hybridized carbons (Fsp3) is 0.294.